The summed E-state index contributed by atoms with van der Waals surface area (Å²) in [5.41, 5.74) is 2.60. The van der Waals surface area contributed by atoms with Gasteiger partial charge in [-0.15, -0.1) is 0 Å². The van der Waals surface area contributed by atoms with E-state index in [-0.39, 0.29) is 0 Å². The zero-order chi connectivity index (χ0) is 11.7. The van der Waals surface area contributed by atoms with E-state index in [1.807, 2.05) is 17.8 Å². The van der Waals surface area contributed by atoms with E-state index >= 15 is 0 Å². The maximum absolute atomic E-state index is 4.27. The fourth-order valence-electron chi connectivity index (χ4n) is 1.90. The monoisotopic (exact) mass is 242 g/mol. The third kappa shape index (κ3) is 1.96. The summed E-state index contributed by atoms with van der Waals surface area (Å²) in [6.07, 6.45) is 5.51. The van der Waals surface area contributed by atoms with Crippen LogP contribution in [0.2, 0.25) is 0 Å². The molecule has 2 heterocycles. The van der Waals surface area contributed by atoms with Gasteiger partial charge in [0, 0.05) is 16.7 Å². The molecule has 0 aliphatic carbocycles. The molecule has 0 saturated carbocycles. The van der Waals surface area contributed by atoms with E-state index in [9.17, 15) is 0 Å². The van der Waals surface area contributed by atoms with Crippen LogP contribution < -0.4 is 0 Å². The van der Waals surface area contributed by atoms with E-state index < -0.39 is 0 Å². The minimum absolute atomic E-state index is 0.898. The lowest BCUT2D eigenvalue weighted by Gasteiger charge is -2.14. The van der Waals surface area contributed by atoms with Gasteiger partial charge in [0.1, 0.15) is 12.1 Å². The number of aryl methyl sites for hydroxylation is 1. The second kappa shape index (κ2) is 4.30. The Morgan fingerprint density at radius 1 is 1.29 bits per heavy atom. The summed E-state index contributed by atoms with van der Waals surface area (Å²) >= 11 is 1.85. The van der Waals surface area contributed by atoms with E-state index in [0.717, 1.165) is 11.7 Å². The van der Waals surface area contributed by atoms with Gasteiger partial charge in [0.2, 0.25) is 6.33 Å². The molecule has 0 unspecified atom stereocenters. The molecule has 0 radical (unpaired) electrons. The van der Waals surface area contributed by atoms with E-state index in [1.165, 1.54) is 16.0 Å². The molecule has 1 aliphatic rings. The average molecular weight is 242 g/mol. The molecule has 4 heteroatoms. The number of thioether (sulfide) groups is 1. The molecule has 2 aromatic rings. The molecule has 0 saturated heterocycles. The van der Waals surface area contributed by atoms with Crippen molar-refractivity contribution in [1.29, 1.82) is 0 Å². The average Bonchev–Trinajstić information content (AvgIpc) is 2.40. The third-order valence-electron chi connectivity index (χ3n) is 2.75. The van der Waals surface area contributed by atoms with Crippen molar-refractivity contribution in [2.45, 2.75) is 11.8 Å². The predicted octanol–water partition coefficient (Wildman–Crippen LogP) is 2.61. The summed E-state index contributed by atoms with van der Waals surface area (Å²) in [6.45, 7) is 2.15. The Bertz CT molecular complexity index is 578. The van der Waals surface area contributed by atoms with Crippen LogP contribution in [0.5, 0.6) is 0 Å². The second-order valence-electron chi connectivity index (χ2n) is 3.93. The molecular formula is C13H12N3S+. The molecule has 0 atom stereocenters. The zero-order valence-electron chi connectivity index (χ0n) is 9.50. The molecular weight excluding hydrogens is 230 g/mol. The summed E-state index contributed by atoms with van der Waals surface area (Å²) in [5.74, 6) is 1.84. The molecule has 0 bridgehead atoms. The maximum Gasteiger partial charge on any atom is 0.327 e. The lowest BCUT2D eigenvalue weighted by Crippen LogP contribution is -2.14. The summed E-state index contributed by atoms with van der Waals surface area (Å²) in [5, 5.41) is 0. The highest BCUT2D eigenvalue weighted by Crippen LogP contribution is 2.30. The van der Waals surface area contributed by atoms with Gasteiger partial charge < -0.3 is 0 Å². The Labute approximate surface area is 104 Å². The highest BCUT2D eigenvalue weighted by atomic mass is 32.2. The molecule has 17 heavy (non-hydrogen) atoms. The van der Waals surface area contributed by atoms with Crippen molar-refractivity contribution < 1.29 is 4.58 Å². The summed E-state index contributed by atoms with van der Waals surface area (Å²) in [7, 11) is 0. The molecule has 0 amide bonds. The number of aromatic nitrogens is 2. The van der Waals surface area contributed by atoms with Crippen LogP contribution in [-0.4, -0.2) is 26.6 Å². The fourth-order valence-corrected chi connectivity index (χ4v) is 2.96. The highest BCUT2D eigenvalue weighted by molar-refractivity contribution is 7.99. The van der Waals surface area contributed by atoms with E-state index in [0.29, 0.717) is 0 Å². The van der Waals surface area contributed by atoms with Gasteiger partial charge in [-0.05, 0) is 17.5 Å². The van der Waals surface area contributed by atoms with E-state index in [1.54, 1.807) is 12.5 Å². The third-order valence-corrected chi connectivity index (χ3v) is 4.00. The van der Waals surface area contributed by atoms with Crippen LogP contribution in [0.1, 0.15) is 11.1 Å². The number of hydrogen-bond acceptors (Lipinski definition) is 3. The van der Waals surface area contributed by atoms with Crippen molar-refractivity contribution in [3.63, 3.8) is 0 Å². The SMILES string of the molecule is Cc1cccc2c1SC[N+](c1ccncn1)=C2. The molecule has 0 fully saturated rings. The first-order valence-electron chi connectivity index (χ1n) is 5.44. The van der Waals surface area contributed by atoms with Crippen molar-refractivity contribution >= 4 is 23.8 Å². The normalized spacial score (nSPS) is 14.1. The van der Waals surface area contributed by atoms with Gasteiger partial charge in [0.05, 0.1) is 6.07 Å². The number of benzene rings is 1. The lowest BCUT2D eigenvalue weighted by atomic mass is 10.1. The number of nitrogens with zero attached hydrogens (tertiary/aromatic N) is 3. The van der Waals surface area contributed by atoms with Crippen LogP contribution in [0.4, 0.5) is 5.82 Å². The van der Waals surface area contributed by atoms with E-state index in [4.69, 9.17) is 0 Å². The molecule has 0 N–H and O–H groups in total. The van der Waals surface area contributed by atoms with Gasteiger partial charge in [-0.25, -0.2) is 9.56 Å². The van der Waals surface area contributed by atoms with Crippen molar-refractivity contribution in [1.82, 2.24) is 9.97 Å². The van der Waals surface area contributed by atoms with Crippen molar-refractivity contribution in [3.8, 4) is 0 Å². The maximum atomic E-state index is 4.27. The Morgan fingerprint density at radius 3 is 3.06 bits per heavy atom. The number of hydrogen-bond donors (Lipinski definition) is 0. The van der Waals surface area contributed by atoms with Gasteiger partial charge in [-0.1, -0.05) is 30.0 Å². The minimum Gasteiger partial charge on any atom is -0.221 e. The Balaban J connectivity index is 2.07. The fraction of sp³-hybridized carbons (Fsp3) is 0.154. The van der Waals surface area contributed by atoms with Gasteiger partial charge in [0.25, 0.3) is 0 Å². The predicted molar refractivity (Wildman–Crippen MR) is 69.0 cm³/mol. The Morgan fingerprint density at radius 2 is 2.24 bits per heavy atom. The van der Waals surface area contributed by atoms with Crippen LogP contribution in [0.25, 0.3) is 0 Å². The van der Waals surface area contributed by atoms with Crippen LogP contribution in [0.3, 0.4) is 0 Å². The van der Waals surface area contributed by atoms with Crippen molar-refractivity contribution in [3.05, 3.63) is 47.9 Å². The Hall–Kier alpha value is -1.68. The molecule has 3 nitrogen and oxygen atoms in total. The first-order chi connectivity index (χ1) is 8.34. The number of rotatable bonds is 1. The van der Waals surface area contributed by atoms with Crippen LogP contribution in [0, 0.1) is 6.92 Å². The molecule has 0 spiro atoms. The van der Waals surface area contributed by atoms with Gasteiger partial charge >= 0.3 is 5.82 Å². The van der Waals surface area contributed by atoms with Crippen LogP contribution >= 0.6 is 11.8 Å². The van der Waals surface area contributed by atoms with Gasteiger partial charge in [-0.2, -0.15) is 0 Å². The topological polar surface area (TPSA) is 28.8 Å². The van der Waals surface area contributed by atoms with Crippen LogP contribution in [-0.2, 0) is 0 Å². The summed E-state index contributed by atoms with van der Waals surface area (Å²) in [6, 6.07) is 8.31. The molecule has 3 rings (SSSR count). The van der Waals surface area contributed by atoms with Gasteiger partial charge in [-0.3, -0.25) is 0 Å². The van der Waals surface area contributed by atoms with E-state index in [2.05, 4.69) is 45.9 Å². The second-order valence-corrected chi connectivity index (χ2v) is 4.89. The first-order valence-corrected chi connectivity index (χ1v) is 6.43. The first kappa shape index (κ1) is 10.5. The lowest BCUT2D eigenvalue weighted by molar-refractivity contribution is -0.415. The minimum atomic E-state index is 0.898. The standard InChI is InChI=1S/C13H12N3S/c1-10-3-2-4-11-7-16(9-17-13(10)11)12-5-6-14-8-15-12/h2-8H,9H2,1H3/q+1. The van der Waals surface area contributed by atoms with Crippen molar-refractivity contribution in [2.24, 2.45) is 0 Å². The van der Waals surface area contributed by atoms with Crippen molar-refractivity contribution in [2.75, 3.05) is 5.88 Å². The number of fused-ring (bicyclic) bond motifs is 1. The molecule has 1 aromatic heterocycles. The smallest absolute Gasteiger partial charge is 0.221 e. The molecule has 1 aliphatic heterocycles. The quantitative estimate of drug-likeness (QED) is 0.720. The summed E-state index contributed by atoms with van der Waals surface area (Å²) in [4.78, 5) is 9.58. The largest absolute Gasteiger partial charge is 0.327 e. The van der Waals surface area contributed by atoms with Crippen LogP contribution in [0.15, 0.2) is 41.7 Å². The summed E-state index contributed by atoms with van der Waals surface area (Å²) < 4.78 is 2.15. The Kier molecular flexibility index (Phi) is 2.65. The molecule has 84 valence electrons. The van der Waals surface area contributed by atoms with Gasteiger partial charge in [0.15, 0.2) is 0 Å². The highest BCUT2D eigenvalue weighted by Gasteiger charge is 2.18. The zero-order valence-corrected chi connectivity index (χ0v) is 10.3. The molecule has 1 aromatic carbocycles.